The summed E-state index contributed by atoms with van der Waals surface area (Å²) < 4.78 is 5.12. The van der Waals surface area contributed by atoms with E-state index in [1.54, 1.807) is 17.8 Å². The number of rotatable bonds is 7. The van der Waals surface area contributed by atoms with Gasteiger partial charge < -0.3 is 15.6 Å². The van der Waals surface area contributed by atoms with Crippen molar-refractivity contribution in [2.24, 2.45) is 5.73 Å². The molecule has 0 aromatic heterocycles. The summed E-state index contributed by atoms with van der Waals surface area (Å²) in [5.41, 5.74) is 6.95. The van der Waals surface area contributed by atoms with Gasteiger partial charge in [-0.15, -0.1) is 0 Å². The fourth-order valence-electron chi connectivity index (χ4n) is 1.44. The Morgan fingerprint density at radius 3 is 2.95 bits per heavy atom. The number of nitrogens with zero attached hydrogens (tertiary/aromatic N) is 1. The van der Waals surface area contributed by atoms with Gasteiger partial charge in [-0.25, -0.2) is 0 Å². The van der Waals surface area contributed by atoms with Gasteiger partial charge in [0.2, 0.25) is 0 Å². The number of ether oxygens (including phenoxy) is 1. The summed E-state index contributed by atoms with van der Waals surface area (Å²) in [4.78, 5) is 10.5. The van der Waals surface area contributed by atoms with Crippen LogP contribution in [-0.4, -0.2) is 30.0 Å². The molecule has 102 valence electrons. The Morgan fingerprint density at radius 1 is 1.63 bits per heavy atom. The number of hydrogen-bond acceptors (Lipinski definition) is 5. The van der Waals surface area contributed by atoms with E-state index in [1.165, 1.54) is 7.11 Å². The number of thioether (sulfide) groups is 1. The summed E-state index contributed by atoms with van der Waals surface area (Å²) >= 11 is 1.60. The van der Waals surface area contributed by atoms with Crippen molar-refractivity contribution in [2.75, 3.05) is 12.9 Å². The molecule has 1 aromatic carbocycles. The lowest BCUT2D eigenvalue weighted by Gasteiger charge is -2.08. The molecule has 0 spiro atoms. The fourth-order valence-corrected chi connectivity index (χ4v) is 2.42. The predicted octanol–water partition coefficient (Wildman–Crippen LogP) is 1.60. The van der Waals surface area contributed by atoms with Gasteiger partial charge in [0, 0.05) is 5.75 Å². The number of aliphatic carboxylic acids is 1. The fraction of sp³-hybridized carbons (Fsp3) is 0.385. The highest BCUT2D eigenvalue weighted by Gasteiger charge is 2.10. The molecular weight excluding hydrogens is 264 g/mol. The van der Waals surface area contributed by atoms with Crippen LogP contribution in [-0.2, 0) is 10.5 Å². The summed E-state index contributed by atoms with van der Waals surface area (Å²) in [5, 5.41) is 17.5. The highest BCUT2D eigenvalue weighted by Crippen LogP contribution is 2.22. The third-order valence-electron chi connectivity index (χ3n) is 2.55. The number of carbonyl (C=O) groups is 1. The zero-order chi connectivity index (χ0) is 14.3. The average molecular weight is 280 g/mol. The molecule has 0 radical (unpaired) electrons. The second-order valence-corrected chi connectivity index (χ2v) is 5.04. The molecule has 0 aliphatic carbocycles. The van der Waals surface area contributed by atoms with Crippen LogP contribution < -0.4 is 10.5 Å². The molecule has 0 bridgehead atoms. The molecule has 1 unspecified atom stereocenters. The van der Waals surface area contributed by atoms with Gasteiger partial charge in [-0.2, -0.15) is 17.0 Å². The first-order chi connectivity index (χ1) is 9.08. The summed E-state index contributed by atoms with van der Waals surface area (Å²) in [6.45, 7) is 0. The Balaban J connectivity index is 2.46. The molecule has 0 aliphatic heterocycles. The summed E-state index contributed by atoms with van der Waals surface area (Å²) in [7, 11) is 1.53. The van der Waals surface area contributed by atoms with Crippen LogP contribution in [0.3, 0.4) is 0 Å². The van der Waals surface area contributed by atoms with Crippen LogP contribution in [0.4, 0.5) is 0 Å². The highest BCUT2D eigenvalue weighted by molar-refractivity contribution is 7.98. The number of carboxylic acids is 1. The molecule has 6 heteroatoms. The Bertz CT molecular complexity index is 485. The molecule has 3 N–H and O–H groups in total. The van der Waals surface area contributed by atoms with Crippen molar-refractivity contribution >= 4 is 17.7 Å². The standard InChI is InChI=1S/C13H16N2O3S/c1-18-12-6-9(2-3-10(12)7-14)8-19-5-4-11(15)13(16)17/h2-3,6,11H,4-5,8,15H2,1H3,(H,16,17). The normalized spacial score (nSPS) is 11.6. The summed E-state index contributed by atoms with van der Waals surface area (Å²) in [6.07, 6.45) is 0.438. The molecule has 0 saturated heterocycles. The minimum absolute atomic E-state index is 0.438. The van der Waals surface area contributed by atoms with E-state index in [4.69, 9.17) is 20.8 Å². The van der Waals surface area contributed by atoms with E-state index in [9.17, 15) is 4.79 Å². The maximum atomic E-state index is 10.5. The molecule has 0 saturated carbocycles. The van der Waals surface area contributed by atoms with Crippen LogP contribution in [0, 0.1) is 11.3 Å². The van der Waals surface area contributed by atoms with Crippen LogP contribution in [0.5, 0.6) is 5.75 Å². The molecule has 19 heavy (non-hydrogen) atoms. The smallest absolute Gasteiger partial charge is 0.320 e. The second-order valence-electron chi connectivity index (χ2n) is 3.93. The lowest BCUT2D eigenvalue weighted by atomic mass is 10.1. The van der Waals surface area contributed by atoms with Gasteiger partial charge in [0.05, 0.1) is 12.7 Å². The van der Waals surface area contributed by atoms with Crippen LogP contribution in [0.25, 0.3) is 0 Å². The van der Waals surface area contributed by atoms with Crippen LogP contribution in [0.2, 0.25) is 0 Å². The maximum absolute atomic E-state index is 10.5. The monoisotopic (exact) mass is 280 g/mol. The lowest BCUT2D eigenvalue weighted by Crippen LogP contribution is -2.30. The van der Waals surface area contributed by atoms with Crippen molar-refractivity contribution in [1.82, 2.24) is 0 Å². The molecule has 0 heterocycles. The third kappa shape index (κ3) is 4.81. The zero-order valence-electron chi connectivity index (χ0n) is 10.6. The molecular formula is C13H16N2O3S. The van der Waals surface area contributed by atoms with E-state index in [0.29, 0.717) is 23.5 Å². The van der Waals surface area contributed by atoms with Gasteiger partial charge in [-0.1, -0.05) is 6.07 Å². The number of benzene rings is 1. The maximum Gasteiger partial charge on any atom is 0.320 e. The number of carboxylic acid groups (broad SMARTS) is 1. The van der Waals surface area contributed by atoms with Crippen molar-refractivity contribution in [3.05, 3.63) is 29.3 Å². The van der Waals surface area contributed by atoms with Crippen molar-refractivity contribution in [3.8, 4) is 11.8 Å². The first-order valence-corrected chi connectivity index (χ1v) is 6.87. The Labute approximate surface area is 116 Å². The Morgan fingerprint density at radius 2 is 2.37 bits per heavy atom. The second kappa shape index (κ2) is 7.67. The van der Waals surface area contributed by atoms with Crippen molar-refractivity contribution < 1.29 is 14.6 Å². The van der Waals surface area contributed by atoms with Crippen LogP contribution in [0.1, 0.15) is 17.5 Å². The third-order valence-corrected chi connectivity index (χ3v) is 3.61. The molecule has 5 nitrogen and oxygen atoms in total. The van der Waals surface area contributed by atoms with E-state index in [1.807, 2.05) is 12.1 Å². The minimum atomic E-state index is -0.972. The van der Waals surface area contributed by atoms with E-state index in [-0.39, 0.29) is 0 Å². The Kier molecular flexibility index (Phi) is 6.19. The first-order valence-electron chi connectivity index (χ1n) is 5.71. The minimum Gasteiger partial charge on any atom is -0.495 e. The highest BCUT2D eigenvalue weighted by atomic mass is 32.2. The van der Waals surface area contributed by atoms with Crippen LogP contribution in [0.15, 0.2) is 18.2 Å². The quantitative estimate of drug-likeness (QED) is 0.736. The molecule has 0 aliphatic rings. The largest absolute Gasteiger partial charge is 0.495 e. The first kappa shape index (κ1) is 15.3. The molecule has 0 amide bonds. The van der Waals surface area contributed by atoms with Crippen LogP contribution >= 0.6 is 11.8 Å². The molecule has 0 fully saturated rings. The van der Waals surface area contributed by atoms with Gasteiger partial charge in [-0.05, 0) is 29.9 Å². The number of methoxy groups -OCH3 is 1. The lowest BCUT2D eigenvalue weighted by molar-refractivity contribution is -0.138. The summed E-state index contributed by atoms with van der Waals surface area (Å²) in [5.74, 6) is 0.993. The van der Waals surface area contributed by atoms with Crippen molar-refractivity contribution in [2.45, 2.75) is 18.2 Å². The number of nitrogens with two attached hydrogens (primary N) is 1. The number of nitriles is 1. The molecule has 1 rings (SSSR count). The van der Waals surface area contributed by atoms with Gasteiger partial charge in [0.15, 0.2) is 0 Å². The van der Waals surface area contributed by atoms with Gasteiger partial charge >= 0.3 is 5.97 Å². The topological polar surface area (TPSA) is 96.3 Å². The van der Waals surface area contributed by atoms with E-state index < -0.39 is 12.0 Å². The van der Waals surface area contributed by atoms with Gasteiger partial charge in [0.1, 0.15) is 17.9 Å². The number of hydrogen-bond donors (Lipinski definition) is 2. The van der Waals surface area contributed by atoms with Gasteiger partial charge in [0.25, 0.3) is 0 Å². The predicted molar refractivity (Wildman–Crippen MR) is 74.1 cm³/mol. The molecule has 1 atom stereocenters. The van der Waals surface area contributed by atoms with E-state index in [0.717, 1.165) is 11.3 Å². The zero-order valence-corrected chi connectivity index (χ0v) is 11.4. The van der Waals surface area contributed by atoms with Crippen molar-refractivity contribution in [3.63, 3.8) is 0 Å². The van der Waals surface area contributed by atoms with Gasteiger partial charge in [-0.3, -0.25) is 4.79 Å². The van der Waals surface area contributed by atoms with Crippen molar-refractivity contribution in [1.29, 1.82) is 5.26 Å². The Hall–Kier alpha value is -1.71. The van der Waals surface area contributed by atoms with E-state index >= 15 is 0 Å². The van der Waals surface area contributed by atoms with E-state index in [2.05, 4.69) is 6.07 Å². The average Bonchev–Trinajstić information content (AvgIpc) is 2.42. The SMILES string of the molecule is COc1cc(CSCCC(N)C(=O)O)ccc1C#N. The molecule has 1 aromatic rings. The summed E-state index contributed by atoms with van der Waals surface area (Å²) in [6, 6.07) is 6.66.